The maximum Gasteiger partial charge on any atom is 0.125 e. The third kappa shape index (κ3) is 4.60. The van der Waals surface area contributed by atoms with Crippen LogP contribution in [0.3, 0.4) is 0 Å². The average molecular weight is 297 g/mol. The van der Waals surface area contributed by atoms with Gasteiger partial charge in [-0.3, -0.25) is 0 Å². The highest BCUT2D eigenvalue weighted by molar-refractivity contribution is 5.30. The van der Waals surface area contributed by atoms with Gasteiger partial charge in [0.05, 0.1) is 0 Å². The summed E-state index contributed by atoms with van der Waals surface area (Å²) in [6.45, 7) is 5.42. The number of hydrogen-bond acceptors (Lipinski definition) is 2. The number of nitrogens with one attached hydrogen (secondary N) is 1. The maximum absolute atomic E-state index is 6.23. The molecule has 2 nitrogen and oxygen atoms in total. The monoisotopic (exact) mass is 297 g/mol. The van der Waals surface area contributed by atoms with Crippen LogP contribution < -0.4 is 10.1 Å². The third-order valence-corrected chi connectivity index (χ3v) is 4.17. The summed E-state index contributed by atoms with van der Waals surface area (Å²) in [4.78, 5) is 0. The van der Waals surface area contributed by atoms with Crippen LogP contribution in [0.1, 0.15) is 49.8 Å². The van der Waals surface area contributed by atoms with E-state index in [-0.39, 0.29) is 6.10 Å². The normalized spacial score (nSPS) is 13.6. The van der Waals surface area contributed by atoms with Crippen molar-refractivity contribution in [2.24, 2.45) is 0 Å². The van der Waals surface area contributed by atoms with Crippen LogP contribution in [0.15, 0.2) is 54.6 Å². The Balaban J connectivity index is 2.09. The molecule has 0 amide bonds. The summed E-state index contributed by atoms with van der Waals surface area (Å²) in [7, 11) is 1.98. The van der Waals surface area contributed by atoms with Crippen molar-refractivity contribution in [3.63, 3.8) is 0 Å². The fourth-order valence-corrected chi connectivity index (χ4v) is 2.51. The van der Waals surface area contributed by atoms with Gasteiger partial charge in [0.15, 0.2) is 0 Å². The lowest BCUT2D eigenvalue weighted by Gasteiger charge is -2.20. The molecule has 2 atom stereocenters. The summed E-state index contributed by atoms with van der Waals surface area (Å²) in [5.74, 6) is 1.54. The zero-order valence-electron chi connectivity index (χ0n) is 13.9. The largest absolute Gasteiger partial charge is 0.486 e. The lowest BCUT2D eigenvalue weighted by atomic mass is 9.99. The van der Waals surface area contributed by atoms with Crippen molar-refractivity contribution in [1.82, 2.24) is 5.32 Å². The van der Waals surface area contributed by atoms with E-state index in [1.54, 1.807) is 0 Å². The topological polar surface area (TPSA) is 21.3 Å². The second kappa shape index (κ2) is 8.60. The van der Waals surface area contributed by atoms with E-state index in [1.165, 1.54) is 11.1 Å². The lowest BCUT2D eigenvalue weighted by Crippen LogP contribution is -2.16. The van der Waals surface area contributed by atoms with Crippen LogP contribution >= 0.6 is 0 Å². The van der Waals surface area contributed by atoms with E-state index in [0.29, 0.717) is 5.92 Å². The fourth-order valence-electron chi connectivity index (χ4n) is 2.51. The van der Waals surface area contributed by atoms with E-state index in [0.717, 1.165) is 25.1 Å². The van der Waals surface area contributed by atoms with Crippen molar-refractivity contribution in [3.05, 3.63) is 65.7 Å². The quantitative estimate of drug-likeness (QED) is 0.746. The molecule has 0 bridgehead atoms. The Morgan fingerprint density at radius 3 is 2.23 bits per heavy atom. The van der Waals surface area contributed by atoms with Gasteiger partial charge in [0.2, 0.25) is 0 Å². The van der Waals surface area contributed by atoms with Gasteiger partial charge in [-0.2, -0.15) is 0 Å². The Morgan fingerprint density at radius 2 is 1.64 bits per heavy atom. The summed E-state index contributed by atoms with van der Waals surface area (Å²) in [6, 6.07) is 19.0. The van der Waals surface area contributed by atoms with Gasteiger partial charge in [0.1, 0.15) is 11.9 Å². The van der Waals surface area contributed by atoms with E-state index in [2.05, 4.69) is 67.7 Å². The predicted molar refractivity (Wildman–Crippen MR) is 93.5 cm³/mol. The van der Waals surface area contributed by atoms with Gasteiger partial charge in [0.25, 0.3) is 0 Å². The molecular weight excluding hydrogens is 270 g/mol. The second-order valence-corrected chi connectivity index (χ2v) is 5.79. The third-order valence-electron chi connectivity index (χ3n) is 4.17. The van der Waals surface area contributed by atoms with E-state index in [4.69, 9.17) is 4.74 Å². The molecule has 2 heteroatoms. The summed E-state index contributed by atoms with van der Waals surface area (Å²) < 4.78 is 6.23. The minimum atomic E-state index is 0.0862. The van der Waals surface area contributed by atoms with Crippen LogP contribution in [-0.4, -0.2) is 13.6 Å². The van der Waals surface area contributed by atoms with E-state index >= 15 is 0 Å². The highest BCUT2D eigenvalue weighted by Gasteiger charge is 2.13. The molecule has 22 heavy (non-hydrogen) atoms. The Labute approximate surface area is 134 Å². The first-order chi connectivity index (χ1) is 10.7. The molecule has 2 aromatic carbocycles. The van der Waals surface area contributed by atoms with Gasteiger partial charge < -0.3 is 10.1 Å². The maximum atomic E-state index is 6.23. The molecule has 0 aromatic heterocycles. The zero-order valence-corrected chi connectivity index (χ0v) is 13.9. The smallest absolute Gasteiger partial charge is 0.125 e. The number of rotatable bonds is 8. The van der Waals surface area contributed by atoms with E-state index in [1.807, 2.05) is 13.1 Å². The number of ether oxygens (including phenoxy) is 1. The Kier molecular flexibility index (Phi) is 6.47. The highest BCUT2D eigenvalue weighted by Crippen LogP contribution is 2.27. The Morgan fingerprint density at radius 1 is 0.955 bits per heavy atom. The van der Waals surface area contributed by atoms with Crippen LogP contribution in [0.4, 0.5) is 0 Å². The molecule has 0 spiro atoms. The molecule has 1 N–H and O–H groups in total. The predicted octanol–water partition coefficient (Wildman–Crippen LogP) is 4.93. The molecule has 2 rings (SSSR count). The molecule has 0 saturated heterocycles. The second-order valence-electron chi connectivity index (χ2n) is 5.79. The first-order valence-electron chi connectivity index (χ1n) is 8.20. The molecule has 0 fully saturated rings. The van der Waals surface area contributed by atoms with Gasteiger partial charge in [0, 0.05) is 6.42 Å². The number of hydrogen-bond donors (Lipinski definition) is 1. The van der Waals surface area contributed by atoms with Gasteiger partial charge in [-0.1, -0.05) is 56.3 Å². The standard InChI is InChI=1S/C20H27NO/c1-4-16(2)17-10-12-19(13-11-17)22-20(14-15-21-3)18-8-6-5-7-9-18/h5-13,16,20-21H,4,14-15H2,1-3H3. The lowest BCUT2D eigenvalue weighted by molar-refractivity contribution is 0.195. The fraction of sp³-hybridized carbons (Fsp3) is 0.400. The summed E-state index contributed by atoms with van der Waals surface area (Å²) >= 11 is 0. The molecule has 2 unspecified atom stereocenters. The highest BCUT2D eigenvalue weighted by atomic mass is 16.5. The average Bonchev–Trinajstić information content (AvgIpc) is 2.59. The van der Waals surface area contributed by atoms with Crippen LogP contribution in [0.5, 0.6) is 5.75 Å². The molecule has 0 heterocycles. The van der Waals surface area contributed by atoms with Crippen molar-refractivity contribution < 1.29 is 4.74 Å². The van der Waals surface area contributed by atoms with Gasteiger partial charge >= 0.3 is 0 Å². The molecule has 2 aromatic rings. The van der Waals surface area contributed by atoms with Crippen molar-refractivity contribution in [2.75, 3.05) is 13.6 Å². The van der Waals surface area contributed by atoms with Crippen molar-refractivity contribution in [2.45, 2.75) is 38.7 Å². The van der Waals surface area contributed by atoms with Crippen LogP contribution in [-0.2, 0) is 0 Å². The van der Waals surface area contributed by atoms with Gasteiger partial charge in [-0.05, 0) is 49.2 Å². The van der Waals surface area contributed by atoms with Gasteiger partial charge in [-0.25, -0.2) is 0 Å². The first kappa shape index (κ1) is 16.6. The number of benzene rings is 2. The minimum Gasteiger partial charge on any atom is -0.486 e. The van der Waals surface area contributed by atoms with Crippen LogP contribution in [0, 0.1) is 0 Å². The molecule has 0 aliphatic rings. The van der Waals surface area contributed by atoms with Crippen molar-refractivity contribution in [3.8, 4) is 5.75 Å². The summed E-state index contributed by atoms with van der Waals surface area (Å²) in [5.41, 5.74) is 2.60. The van der Waals surface area contributed by atoms with Crippen LogP contribution in [0.25, 0.3) is 0 Å². The SMILES string of the molecule is CCC(C)c1ccc(OC(CCNC)c2ccccc2)cc1. The first-order valence-corrected chi connectivity index (χ1v) is 8.20. The van der Waals surface area contributed by atoms with E-state index in [9.17, 15) is 0 Å². The van der Waals surface area contributed by atoms with E-state index < -0.39 is 0 Å². The molecule has 118 valence electrons. The Hall–Kier alpha value is -1.80. The van der Waals surface area contributed by atoms with Crippen molar-refractivity contribution in [1.29, 1.82) is 0 Å². The van der Waals surface area contributed by atoms with Crippen molar-refractivity contribution >= 4 is 0 Å². The Bertz CT molecular complexity index is 535. The van der Waals surface area contributed by atoms with Gasteiger partial charge in [-0.15, -0.1) is 0 Å². The van der Waals surface area contributed by atoms with Crippen LogP contribution in [0.2, 0.25) is 0 Å². The summed E-state index contributed by atoms with van der Waals surface area (Å²) in [6.07, 6.45) is 2.20. The zero-order chi connectivity index (χ0) is 15.8. The molecule has 0 saturated carbocycles. The minimum absolute atomic E-state index is 0.0862. The molecular formula is C20H27NO. The molecule has 0 aliphatic carbocycles. The summed E-state index contributed by atoms with van der Waals surface area (Å²) in [5, 5.41) is 3.21. The molecule has 0 radical (unpaired) electrons. The molecule has 0 aliphatic heterocycles.